The van der Waals surface area contributed by atoms with Crippen molar-refractivity contribution in [3.05, 3.63) is 0 Å². The van der Waals surface area contributed by atoms with E-state index in [1.165, 1.54) is 0 Å². The Bertz CT molecular complexity index is 609. The molecule has 0 aliphatic carbocycles. The van der Waals surface area contributed by atoms with E-state index in [1.54, 1.807) is 23.7 Å². The predicted molar refractivity (Wildman–Crippen MR) is 99.5 cm³/mol. The van der Waals surface area contributed by atoms with Crippen LogP contribution in [-0.2, 0) is 14.4 Å². The molecule has 6 atom stereocenters. The van der Waals surface area contributed by atoms with E-state index >= 15 is 0 Å². The van der Waals surface area contributed by atoms with E-state index in [1.807, 2.05) is 20.8 Å². The molecular weight excluding hydrogens is 354 g/mol. The number of hydrogen-bond donors (Lipinski definition) is 3. The standard InChI is InChI=1S/C18H29N3O4S/c1-5-10(8-22)21-14(16(24)20-9(2)3)18-7-6-11(26-18)12(15(23)19-4)13(18)17(21)25/h9-14,22H,5-8H2,1-4H3,(H,19,23)(H,20,24)/t10-,11+,12-,13-,14?,18?/m0/s1. The van der Waals surface area contributed by atoms with E-state index in [0.717, 1.165) is 12.8 Å². The second kappa shape index (κ2) is 7.03. The van der Waals surface area contributed by atoms with Gasteiger partial charge in [0.1, 0.15) is 6.04 Å². The molecule has 0 aromatic rings. The highest BCUT2D eigenvalue weighted by molar-refractivity contribution is 8.02. The maximum atomic E-state index is 13.4. The number of aliphatic hydroxyl groups is 1. The van der Waals surface area contributed by atoms with E-state index in [9.17, 15) is 19.5 Å². The van der Waals surface area contributed by atoms with Crippen LogP contribution in [0.4, 0.5) is 0 Å². The number of carbonyl (C=O) groups is 3. The van der Waals surface area contributed by atoms with Gasteiger partial charge in [0.15, 0.2) is 0 Å². The minimum absolute atomic E-state index is 0.0394. The fourth-order valence-corrected chi connectivity index (χ4v) is 7.23. The molecule has 3 heterocycles. The first kappa shape index (κ1) is 19.5. The predicted octanol–water partition coefficient (Wildman–Crippen LogP) is 0.119. The van der Waals surface area contributed by atoms with Crippen molar-refractivity contribution in [3.63, 3.8) is 0 Å². The highest BCUT2D eigenvalue weighted by atomic mass is 32.2. The summed E-state index contributed by atoms with van der Waals surface area (Å²) < 4.78 is -0.569. The lowest BCUT2D eigenvalue weighted by molar-refractivity contribution is -0.142. The molecule has 2 bridgehead atoms. The summed E-state index contributed by atoms with van der Waals surface area (Å²) in [5.41, 5.74) is 0. The molecule has 1 spiro atoms. The molecule has 0 radical (unpaired) electrons. The zero-order valence-electron chi connectivity index (χ0n) is 15.8. The van der Waals surface area contributed by atoms with Crippen LogP contribution in [0, 0.1) is 11.8 Å². The molecule has 146 valence electrons. The molecule has 0 saturated carbocycles. The van der Waals surface area contributed by atoms with Crippen molar-refractivity contribution in [2.24, 2.45) is 11.8 Å². The van der Waals surface area contributed by atoms with Crippen molar-refractivity contribution >= 4 is 29.5 Å². The van der Waals surface area contributed by atoms with Crippen LogP contribution in [0.2, 0.25) is 0 Å². The number of nitrogens with zero attached hydrogens (tertiary/aromatic N) is 1. The summed E-state index contributed by atoms with van der Waals surface area (Å²) in [6.45, 7) is 5.50. The lowest BCUT2D eigenvalue weighted by Gasteiger charge is -2.37. The summed E-state index contributed by atoms with van der Waals surface area (Å²) in [5.74, 6) is -1.34. The molecule has 3 saturated heterocycles. The first-order chi connectivity index (χ1) is 12.3. The van der Waals surface area contributed by atoms with Gasteiger partial charge in [-0.15, -0.1) is 11.8 Å². The van der Waals surface area contributed by atoms with E-state index in [4.69, 9.17) is 0 Å². The first-order valence-corrected chi connectivity index (χ1v) is 10.3. The van der Waals surface area contributed by atoms with Crippen molar-refractivity contribution in [1.82, 2.24) is 15.5 Å². The van der Waals surface area contributed by atoms with Gasteiger partial charge in [-0.3, -0.25) is 14.4 Å². The smallest absolute Gasteiger partial charge is 0.244 e. The second-order valence-corrected chi connectivity index (χ2v) is 9.42. The first-order valence-electron chi connectivity index (χ1n) is 9.45. The van der Waals surface area contributed by atoms with Crippen LogP contribution in [0.15, 0.2) is 0 Å². The molecule has 3 aliphatic rings. The third kappa shape index (κ3) is 2.64. The average molecular weight is 384 g/mol. The quantitative estimate of drug-likeness (QED) is 0.605. The van der Waals surface area contributed by atoms with Gasteiger partial charge in [0, 0.05) is 18.3 Å². The summed E-state index contributed by atoms with van der Waals surface area (Å²) in [5, 5.41) is 15.6. The van der Waals surface area contributed by atoms with Crippen molar-refractivity contribution in [1.29, 1.82) is 0 Å². The third-order valence-corrected chi connectivity index (χ3v) is 7.99. The number of carbonyl (C=O) groups excluding carboxylic acids is 3. The summed E-state index contributed by atoms with van der Waals surface area (Å²) in [6.07, 6.45) is 2.15. The zero-order valence-corrected chi connectivity index (χ0v) is 16.6. The maximum absolute atomic E-state index is 13.4. The van der Waals surface area contributed by atoms with Gasteiger partial charge in [0.2, 0.25) is 17.7 Å². The molecule has 3 rings (SSSR count). The third-order valence-electron chi connectivity index (χ3n) is 6.04. The van der Waals surface area contributed by atoms with Crippen molar-refractivity contribution in [2.45, 2.75) is 68.2 Å². The fraction of sp³-hybridized carbons (Fsp3) is 0.833. The van der Waals surface area contributed by atoms with Crippen LogP contribution < -0.4 is 10.6 Å². The topological polar surface area (TPSA) is 98.7 Å². The SMILES string of the molecule is CC[C@@H](CO)N1C(=O)[C@@H]2[C@@H](C(=O)NC)[C@H]3CCC2(S3)C1C(=O)NC(C)C. The Hall–Kier alpha value is -1.28. The molecular formula is C18H29N3O4S. The van der Waals surface area contributed by atoms with Crippen LogP contribution in [0.25, 0.3) is 0 Å². The normalized spacial score (nSPS) is 36.4. The van der Waals surface area contributed by atoms with E-state index in [-0.39, 0.29) is 35.6 Å². The van der Waals surface area contributed by atoms with Crippen molar-refractivity contribution < 1.29 is 19.5 Å². The number of aliphatic hydroxyl groups excluding tert-OH is 1. The van der Waals surface area contributed by atoms with Gasteiger partial charge in [-0.05, 0) is 33.1 Å². The van der Waals surface area contributed by atoms with Crippen molar-refractivity contribution in [3.8, 4) is 0 Å². The van der Waals surface area contributed by atoms with Gasteiger partial charge in [0.25, 0.3) is 0 Å². The van der Waals surface area contributed by atoms with Crippen molar-refractivity contribution in [2.75, 3.05) is 13.7 Å². The number of thioether (sulfide) groups is 1. The Labute approximate surface area is 158 Å². The Morgan fingerprint density at radius 3 is 2.62 bits per heavy atom. The summed E-state index contributed by atoms with van der Waals surface area (Å²) in [4.78, 5) is 40.6. The van der Waals surface area contributed by atoms with Gasteiger partial charge in [-0.1, -0.05) is 6.92 Å². The molecule has 3 aliphatic heterocycles. The summed E-state index contributed by atoms with van der Waals surface area (Å²) in [7, 11) is 1.59. The van der Waals surface area contributed by atoms with E-state index in [0.29, 0.717) is 6.42 Å². The zero-order chi connectivity index (χ0) is 19.2. The van der Waals surface area contributed by atoms with Gasteiger partial charge < -0.3 is 20.6 Å². The van der Waals surface area contributed by atoms with Crippen LogP contribution in [-0.4, -0.2) is 69.5 Å². The lowest BCUT2D eigenvalue weighted by Crippen LogP contribution is -2.57. The number of rotatable bonds is 6. The van der Waals surface area contributed by atoms with Crippen LogP contribution >= 0.6 is 11.8 Å². The molecule has 26 heavy (non-hydrogen) atoms. The Morgan fingerprint density at radius 2 is 2.08 bits per heavy atom. The number of likely N-dealkylation sites (tertiary alicyclic amines) is 1. The van der Waals surface area contributed by atoms with Crippen LogP contribution in [0.1, 0.15) is 40.0 Å². The highest BCUT2D eigenvalue weighted by Crippen LogP contribution is 2.66. The minimum atomic E-state index is -0.635. The average Bonchev–Trinajstić information content (AvgIpc) is 3.23. The number of hydrogen-bond acceptors (Lipinski definition) is 5. The Kier molecular flexibility index (Phi) is 5.27. The van der Waals surface area contributed by atoms with E-state index in [2.05, 4.69) is 10.6 Å². The Balaban J connectivity index is 2.06. The Morgan fingerprint density at radius 1 is 1.38 bits per heavy atom. The number of nitrogens with one attached hydrogen (secondary N) is 2. The summed E-state index contributed by atoms with van der Waals surface area (Å²) >= 11 is 1.64. The lowest BCUT2D eigenvalue weighted by atomic mass is 9.70. The number of amides is 3. The molecule has 0 aromatic carbocycles. The summed E-state index contributed by atoms with van der Waals surface area (Å²) in [6, 6.07) is -1.08. The minimum Gasteiger partial charge on any atom is -0.394 e. The fourth-order valence-electron chi connectivity index (χ4n) is 5.03. The molecule has 7 nitrogen and oxygen atoms in total. The maximum Gasteiger partial charge on any atom is 0.244 e. The van der Waals surface area contributed by atoms with E-state index < -0.39 is 28.7 Å². The van der Waals surface area contributed by atoms with Crippen LogP contribution in [0.5, 0.6) is 0 Å². The van der Waals surface area contributed by atoms with Gasteiger partial charge in [-0.2, -0.15) is 0 Å². The largest absolute Gasteiger partial charge is 0.394 e. The molecule has 3 fully saturated rings. The number of fused-ring (bicyclic) bond motifs is 1. The molecule has 0 aromatic heterocycles. The molecule has 3 N–H and O–H groups in total. The van der Waals surface area contributed by atoms with Crippen LogP contribution in [0.3, 0.4) is 0 Å². The second-order valence-electron chi connectivity index (χ2n) is 7.82. The highest BCUT2D eigenvalue weighted by Gasteiger charge is 2.74. The molecule has 8 heteroatoms. The van der Waals surface area contributed by atoms with Gasteiger partial charge in [-0.25, -0.2) is 0 Å². The van der Waals surface area contributed by atoms with Gasteiger partial charge >= 0.3 is 0 Å². The molecule has 2 unspecified atom stereocenters. The molecule has 3 amide bonds. The van der Waals surface area contributed by atoms with Gasteiger partial charge in [0.05, 0.1) is 29.2 Å². The monoisotopic (exact) mass is 383 g/mol.